The zero-order valence-electron chi connectivity index (χ0n) is 17.6. The van der Waals surface area contributed by atoms with Gasteiger partial charge in [-0.15, -0.1) is 0 Å². The van der Waals surface area contributed by atoms with Gasteiger partial charge in [-0.3, -0.25) is 14.5 Å². The zero-order chi connectivity index (χ0) is 21.9. The molecule has 2 heterocycles. The minimum absolute atomic E-state index is 0.0604. The number of phenols is 1. The molecule has 31 heavy (non-hydrogen) atoms. The molecule has 0 spiro atoms. The number of rotatable bonds is 3. The molecular formula is C25H27NO5. The van der Waals surface area contributed by atoms with Crippen LogP contribution in [0.4, 0.5) is 5.69 Å². The molecule has 0 unspecified atom stereocenters. The van der Waals surface area contributed by atoms with Crippen molar-refractivity contribution in [3.8, 4) is 5.75 Å². The number of anilines is 1. The summed E-state index contributed by atoms with van der Waals surface area (Å²) in [6, 6.07) is 15.9. The number of hydrogen-bond donors (Lipinski definition) is 2. The van der Waals surface area contributed by atoms with Gasteiger partial charge in [0, 0.05) is 17.4 Å². The summed E-state index contributed by atoms with van der Waals surface area (Å²) in [7, 11) is 0. The van der Waals surface area contributed by atoms with E-state index >= 15 is 0 Å². The van der Waals surface area contributed by atoms with E-state index in [1.165, 1.54) is 4.90 Å². The molecule has 2 N–H and O–H groups in total. The minimum Gasteiger partial charge on any atom is -0.508 e. The zero-order valence-corrected chi connectivity index (χ0v) is 17.6. The molecule has 0 aromatic heterocycles. The minimum atomic E-state index is -1.52. The Hall–Kier alpha value is -2.70. The lowest BCUT2D eigenvalue weighted by Gasteiger charge is -2.46. The van der Waals surface area contributed by atoms with Gasteiger partial charge in [-0.1, -0.05) is 50.2 Å². The molecule has 1 aliphatic carbocycles. The molecule has 2 aromatic carbocycles. The molecule has 2 aromatic rings. The Morgan fingerprint density at radius 3 is 2.35 bits per heavy atom. The Morgan fingerprint density at radius 1 is 1.00 bits per heavy atom. The van der Waals surface area contributed by atoms with E-state index in [0.717, 1.165) is 0 Å². The molecule has 6 nitrogen and oxygen atoms in total. The van der Waals surface area contributed by atoms with Gasteiger partial charge in [0.1, 0.15) is 5.75 Å². The van der Waals surface area contributed by atoms with Crippen LogP contribution in [0.15, 0.2) is 54.6 Å². The van der Waals surface area contributed by atoms with Gasteiger partial charge in [0.15, 0.2) is 5.79 Å². The van der Waals surface area contributed by atoms with Crippen LogP contribution in [0.5, 0.6) is 5.75 Å². The second-order valence-electron chi connectivity index (χ2n) is 9.33. The summed E-state index contributed by atoms with van der Waals surface area (Å²) in [5.41, 5.74) is 1.16. The molecule has 6 heteroatoms. The molecular weight excluding hydrogens is 394 g/mol. The maximum absolute atomic E-state index is 13.5. The monoisotopic (exact) mass is 421 g/mol. The van der Waals surface area contributed by atoms with Gasteiger partial charge in [0.2, 0.25) is 11.8 Å². The number of hydrogen-bond acceptors (Lipinski definition) is 5. The lowest BCUT2D eigenvalue weighted by molar-refractivity contribution is -0.276. The third-order valence-corrected chi connectivity index (χ3v) is 7.38. The molecule has 2 aliphatic heterocycles. The first kappa shape index (κ1) is 20.2. The highest BCUT2D eigenvalue weighted by Crippen LogP contribution is 2.60. The molecule has 2 saturated heterocycles. The Morgan fingerprint density at radius 2 is 1.68 bits per heavy atom. The van der Waals surface area contributed by atoms with Gasteiger partial charge in [0.05, 0.1) is 23.6 Å². The number of aromatic hydroxyl groups is 1. The predicted octanol–water partition coefficient (Wildman–Crippen LogP) is 3.64. The van der Waals surface area contributed by atoms with Crippen molar-refractivity contribution in [2.24, 2.45) is 29.6 Å². The van der Waals surface area contributed by atoms with Gasteiger partial charge in [-0.25, -0.2) is 0 Å². The quantitative estimate of drug-likeness (QED) is 0.739. The van der Waals surface area contributed by atoms with E-state index in [0.29, 0.717) is 24.1 Å². The third-order valence-electron chi connectivity index (χ3n) is 7.38. The van der Waals surface area contributed by atoms with E-state index in [2.05, 4.69) is 0 Å². The van der Waals surface area contributed by atoms with Crippen LogP contribution in [0.1, 0.15) is 38.4 Å². The number of fused-ring (bicyclic) bond motifs is 3. The molecule has 3 fully saturated rings. The average Bonchev–Trinajstić information content (AvgIpc) is 3.22. The lowest BCUT2D eigenvalue weighted by atomic mass is 9.62. The smallest absolute Gasteiger partial charge is 0.238 e. The van der Waals surface area contributed by atoms with E-state index in [-0.39, 0.29) is 29.4 Å². The van der Waals surface area contributed by atoms with Gasteiger partial charge >= 0.3 is 0 Å². The van der Waals surface area contributed by atoms with Crippen LogP contribution < -0.4 is 4.90 Å². The van der Waals surface area contributed by atoms with Crippen LogP contribution in [-0.2, 0) is 14.3 Å². The summed E-state index contributed by atoms with van der Waals surface area (Å²) in [5.74, 6) is -3.74. The molecule has 0 bridgehead atoms. The van der Waals surface area contributed by atoms with Crippen molar-refractivity contribution in [2.45, 2.75) is 38.6 Å². The summed E-state index contributed by atoms with van der Waals surface area (Å²) >= 11 is 0. The van der Waals surface area contributed by atoms with E-state index in [1.54, 1.807) is 42.5 Å². The highest BCUT2D eigenvalue weighted by molar-refractivity contribution is 6.22. The topological polar surface area (TPSA) is 87.1 Å². The fraction of sp³-hybridized carbons (Fsp3) is 0.440. The van der Waals surface area contributed by atoms with Crippen molar-refractivity contribution in [1.82, 2.24) is 0 Å². The van der Waals surface area contributed by atoms with Gasteiger partial charge < -0.3 is 14.9 Å². The summed E-state index contributed by atoms with van der Waals surface area (Å²) in [5, 5.41) is 22.1. The summed E-state index contributed by atoms with van der Waals surface area (Å²) < 4.78 is 6.24. The molecule has 0 radical (unpaired) electrons. The number of benzene rings is 2. The second-order valence-corrected chi connectivity index (χ2v) is 9.33. The normalized spacial score (nSPS) is 34.8. The number of imide groups is 1. The van der Waals surface area contributed by atoms with Crippen LogP contribution in [0, 0.1) is 29.6 Å². The Balaban J connectivity index is 1.56. The molecule has 5 rings (SSSR count). The maximum atomic E-state index is 13.5. The first-order valence-corrected chi connectivity index (χ1v) is 10.9. The molecule has 3 aliphatic rings. The number of carbonyl (C=O) groups is 2. The Bertz CT molecular complexity index is 1020. The van der Waals surface area contributed by atoms with Gasteiger partial charge in [0.25, 0.3) is 0 Å². The first-order chi connectivity index (χ1) is 14.8. The Labute approximate surface area is 181 Å². The highest BCUT2D eigenvalue weighted by atomic mass is 16.6. The number of amides is 2. The third kappa shape index (κ3) is 2.92. The SMILES string of the molecule is CC(C)[C@H]1C[C@@H]2C(=O)N(c3ccccc3)C(=O)[C@@H]2[C@@H]2C[C@@H](c3ccccc3O)O[C@]12O. The fourth-order valence-corrected chi connectivity index (χ4v) is 5.95. The fourth-order valence-electron chi connectivity index (χ4n) is 5.95. The van der Waals surface area contributed by atoms with E-state index in [1.807, 2.05) is 26.0 Å². The number of para-hydroxylation sites is 2. The highest BCUT2D eigenvalue weighted by Gasteiger charge is 2.67. The maximum Gasteiger partial charge on any atom is 0.238 e. The summed E-state index contributed by atoms with van der Waals surface area (Å²) in [4.78, 5) is 28.2. The summed E-state index contributed by atoms with van der Waals surface area (Å²) in [6.45, 7) is 4.01. The van der Waals surface area contributed by atoms with E-state index < -0.39 is 29.6 Å². The number of phenolic OH excluding ortho intramolecular Hbond substituents is 1. The van der Waals surface area contributed by atoms with Crippen LogP contribution in [-0.4, -0.2) is 27.8 Å². The van der Waals surface area contributed by atoms with Gasteiger partial charge in [-0.2, -0.15) is 0 Å². The lowest BCUT2D eigenvalue weighted by Crippen LogP contribution is -2.55. The van der Waals surface area contributed by atoms with Crippen LogP contribution in [0.2, 0.25) is 0 Å². The number of aliphatic hydroxyl groups is 1. The van der Waals surface area contributed by atoms with Crippen molar-refractivity contribution in [1.29, 1.82) is 0 Å². The van der Waals surface area contributed by atoms with Crippen molar-refractivity contribution in [2.75, 3.05) is 4.90 Å². The predicted molar refractivity (Wildman–Crippen MR) is 114 cm³/mol. The van der Waals surface area contributed by atoms with E-state index in [4.69, 9.17) is 4.74 Å². The summed E-state index contributed by atoms with van der Waals surface area (Å²) in [6.07, 6.45) is 0.237. The van der Waals surface area contributed by atoms with Crippen LogP contribution in [0.3, 0.4) is 0 Å². The largest absolute Gasteiger partial charge is 0.508 e. The number of carbonyl (C=O) groups excluding carboxylic acids is 2. The Kier molecular flexibility index (Phi) is 4.68. The molecule has 1 saturated carbocycles. The molecule has 2 amide bonds. The van der Waals surface area contributed by atoms with Crippen molar-refractivity contribution in [3.63, 3.8) is 0 Å². The van der Waals surface area contributed by atoms with Crippen molar-refractivity contribution < 1.29 is 24.5 Å². The van der Waals surface area contributed by atoms with Crippen LogP contribution in [0.25, 0.3) is 0 Å². The molecule has 162 valence electrons. The average molecular weight is 421 g/mol. The van der Waals surface area contributed by atoms with Crippen LogP contribution >= 0.6 is 0 Å². The standard InChI is InChI=1S/C25H27NO5/c1-14(2)18-12-17-22(24(29)26(23(17)28)15-8-4-3-5-9-15)19-13-21(31-25(18,19)30)16-10-6-7-11-20(16)27/h3-11,14,17-19,21-22,27,30H,12-13H2,1-2H3/t17-,18+,19-,21-,22-,25+/m0/s1. The van der Waals surface area contributed by atoms with Gasteiger partial charge in [-0.05, 0) is 37.0 Å². The number of nitrogens with zero attached hydrogens (tertiary/aromatic N) is 1. The second kappa shape index (κ2) is 7.18. The van der Waals surface area contributed by atoms with Crippen molar-refractivity contribution in [3.05, 3.63) is 60.2 Å². The first-order valence-electron chi connectivity index (χ1n) is 10.9. The van der Waals surface area contributed by atoms with Crippen molar-refractivity contribution >= 4 is 17.5 Å². The number of ether oxygens (including phenoxy) is 1. The van der Waals surface area contributed by atoms with E-state index in [9.17, 15) is 19.8 Å². The molecule has 6 atom stereocenters.